The van der Waals surface area contributed by atoms with Gasteiger partial charge in [-0.05, 0) is 30.2 Å². The molecule has 1 fully saturated rings. The summed E-state index contributed by atoms with van der Waals surface area (Å²) in [6, 6.07) is 5.63. The minimum Gasteiger partial charge on any atom is -0.490 e. The summed E-state index contributed by atoms with van der Waals surface area (Å²) >= 11 is 6.25. The van der Waals surface area contributed by atoms with Crippen LogP contribution in [-0.2, 0) is 9.59 Å². The van der Waals surface area contributed by atoms with Gasteiger partial charge in [0.1, 0.15) is 16.7 Å². The van der Waals surface area contributed by atoms with E-state index in [2.05, 4.69) is 12.2 Å². The van der Waals surface area contributed by atoms with E-state index in [9.17, 15) is 9.59 Å². The Balaban J connectivity index is 1.83. The summed E-state index contributed by atoms with van der Waals surface area (Å²) in [4.78, 5) is 26.7. The van der Waals surface area contributed by atoms with Crippen LogP contribution in [0.2, 0.25) is 0 Å². The molecule has 5 nitrogen and oxygen atoms in total. The second-order valence-electron chi connectivity index (χ2n) is 5.93. The summed E-state index contributed by atoms with van der Waals surface area (Å²) in [7, 11) is 0. The zero-order valence-electron chi connectivity index (χ0n) is 14.0. The van der Waals surface area contributed by atoms with Crippen molar-refractivity contribution in [3.63, 3.8) is 0 Å². The van der Waals surface area contributed by atoms with E-state index < -0.39 is 0 Å². The standard InChI is InChI=1S/C18H20N2O3S2/c1-2-3-4-5-16(21)20-8-9-23-14-7-6-12(10-13(14)20)11-15-17(22)19-18(24)25-15/h6-7,10-11H,2-5,8-9H2,1H3,(H,19,22,24). The van der Waals surface area contributed by atoms with Crippen LogP contribution < -0.4 is 15.0 Å². The maximum Gasteiger partial charge on any atom is 0.263 e. The molecule has 132 valence electrons. The highest BCUT2D eigenvalue weighted by Crippen LogP contribution is 2.35. The number of thioether (sulfide) groups is 1. The van der Waals surface area contributed by atoms with E-state index in [1.54, 1.807) is 11.0 Å². The monoisotopic (exact) mass is 376 g/mol. The van der Waals surface area contributed by atoms with Crippen molar-refractivity contribution in [1.82, 2.24) is 5.32 Å². The number of thiocarbonyl (C=S) groups is 1. The van der Waals surface area contributed by atoms with Crippen LogP contribution in [0.3, 0.4) is 0 Å². The largest absolute Gasteiger partial charge is 0.490 e. The summed E-state index contributed by atoms with van der Waals surface area (Å²) < 4.78 is 6.14. The number of hydrogen-bond donors (Lipinski definition) is 1. The van der Waals surface area contributed by atoms with E-state index in [0.29, 0.717) is 34.5 Å². The predicted molar refractivity (Wildman–Crippen MR) is 105 cm³/mol. The Labute approximate surface area is 156 Å². The molecule has 25 heavy (non-hydrogen) atoms. The first-order valence-electron chi connectivity index (χ1n) is 8.40. The molecular weight excluding hydrogens is 356 g/mol. The first-order valence-corrected chi connectivity index (χ1v) is 9.63. The lowest BCUT2D eigenvalue weighted by Crippen LogP contribution is -2.37. The molecule has 3 rings (SSSR count). The van der Waals surface area contributed by atoms with Crippen molar-refractivity contribution in [2.75, 3.05) is 18.1 Å². The van der Waals surface area contributed by atoms with Crippen molar-refractivity contribution in [2.45, 2.75) is 32.6 Å². The van der Waals surface area contributed by atoms with Crippen molar-refractivity contribution in [1.29, 1.82) is 0 Å². The molecule has 1 aromatic carbocycles. The zero-order valence-corrected chi connectivity index (χ0v) is 15.7. The SMILES string of the molecule is CCCCCC(=O)N1CCOc2ccc(C=C3SC(=S)NC3=O)cc21. The number of carbonyl (C=O) groups is 2. The summed E-state index contributed by atoms with van der Waals surface area (Å²) in [6.45, 7) is 3.17. The van der Waals surface area contributed by atoms with Crippen LogP contribution in [0.25, 0.3) is 6.08 Å². The Kier molecular flexibility index (Phi) is 5.75. The average Bonchev–Trinajstić information content (AvgIpc) is 2.91. The van der Waals surface area contributed by atoms with E-state index in [0.717, 1.165) is 30.5 Å². The molecule has 2 amide bonds. The van der Waals surface area contributed by atoms with Gasteiger partial charge in [0.05, 0.1) is 17.1 Å². The topological polar surface area (TPSA) is 58.6 Å². The van der Waals surface area contributed by atoms with Gasteiger partial charge in [-0.3, -0.25) is 9.59 Å². The molecular formula is C18H20N2O3S2. The second-order valence-corrected chi connectivity index (χ2v) is 7.65. The highest BCUT2D eigenvalue weighted by molar-refractivity contribution is 8.26. The molecule has 0 unspecified atom stereocenters. The lowest BCUT2D eigenvalue weighted by Gasteiger charge is -2.30. The summed E-state index contributed by atoms with van der Waals surface area (Å²) in [6.07, 6.45) is 5.38. The fourth-order valence-electron chi connectivity index (χ4n) is 2.82. The van der Waals surface area contributed by atoms with Gasteiger partial charge >= 0.3 is 0 Å². The third-order valence-electron chi connectivity index (χ3n) is 4.08. The van der Waals surface area contributed by atoms with E-state index in [1.807, 2.05) is 18.2 Å². The van der Waals surface area contributed by atoms with E-state index in [4.69, 9.17) is 17.0 Å². The quantitative estimate of drug-likeness (QED) is 0.484. The van der Waals surface area contributed by atoms with Crippen LogP contribution in [0.4, 0.5) is 5.69 Å². The molecule has 2 aliphatic heterocycles. The van der Waals surface area contributed by atoms with Crippen molar-refractivity contribution in [2.24, 2.45) is 0 Å². The number of nitrogens with one attached hydrogen (secondary N) is 1. The number of hydrogen-bond acceptors (Lipinski definition) is 5. The molecule has 0 radical (unpaired) electrons. The van der Waals surface area contributed by atoms with Gasteiger partial charge in [-0.25, -0.2) is 0 Å². The number of amides is 2. The number of anilines is 1. The Morgan fingerprint density at radius 3 is 3.00 bits per heavy atom. The van der Waals surface area contributed by atoms with Gasteiger partial charge in [0, 0.05) is 6.42 Å². The highest BCUT2D eigenvalue weighted by Gasteiger charge is 2.25. The maximum atomic E-state index is 12.6. The molecule has 1 N–H and O–H groups in total. The van der Waals surface area contributed by atoms with Crippen LogP contribution in [0, 0.1) is 0 Å². The van der Waals surface area contributed by atoms with Gasteiger partial charge in [-0.2, -0.15) is 0 Å². The normalized spacial score (nSPS) is 18.1. The lowest BCUT2D eigenvalue weighted by atomic mass is 10.1. The molecule has 2 heterocycles. The lowest BCUT2D eigenvalue weighted by molar-refractivity contribution is -0.119. The van der Waals surface area contributed by atoms with E-state index >= 15 is 0 Å². The summed E-state index contributed by atoms with van der Waals surface area (Å²) in [5.74, 6) is 0.643. The maximum absolute atomic E-state index is 12.6. The van der Waals surface area contributed by atoms with Gasteiger partial charge < -0.3 is 15.0 Å². The van der Waals surface area contributed by atoms with Crippen LogP contribution >= 0.6 is 24.0 Å². The minimum atomic E-state index is -0.184. The van der Waals surface area contributed by atoms with Crippen molar-refractivity contribution < 1.29 is 14.3 Å². The van der Waals surface area contributed by atoms with Crippen LogP contribution in [-0.4, -0.2) is 29.3 Å². The van der Waals surface area contributed by atoms with Crippen molar-refractivity contribution in [3.05, 3.63) is 28.7 Å². The Bertz CT molecular complexity index is 746. The van der Waals surface area contributed by atoms with Gasteiger partial charge in [0.2, 0.25) is 5.91 Å². The number of rotatable bonds is 5. The van der Waals surface area contributed by atoms with Gasteiger partial charge in [-0.1, -0.05) is 49.8 Å². The zero-order chi connectivity index (χ0) is 17.8. The van der Waals surface area contributed by atoms with Crippen LogP contribution in [0.1, 0.15) is 38.2 Å². The predicted octanol–water partition coefficient (Wildman–Crippen LogP) is 3.48. The number of fused-ring (bicyclic) bond motifs is 1. The highest BCUT2D eigenvalue weighted by atomic mass is 32.2. The Morgan fingerprint density at radius 1 is 1.44 bits per heavy atom. The molecule has 0 spiro atoms. The Morgan fingerprint density at radius 2 is 2.28 bits per heavy atom. The minimum absolute atomic E-state index is 0.122. The number of ether oxygens (including phenoxy) is 1. The second kappa shape index (κ2) is 8.01. The van der Waals surface area contributed by atoms with Gasteiger partial charge in [-0.15, -0.1) is 0 Å². The fourth-order valence-corrected chi connectivity index (χ4v) is 3.86. The molecule has 1 saturated heterocycles. The van der Waals surface area contributed by atoms with Gasteiger partial charge in [0.25, 0.3) is 5.91 Å². The smallest absolute Gasteiger partial charge is 0.263 e. The molecule has 7 heteroatoms. The molecule has 2 aliphatic rings. The number of carbonyl (C=O) groups excluding carboxylic acids is 2. The molecule has 0 saturated carbocycles. The van der Waals surface area contributed by atoms with E-state index in [-0.39, 0.29) is 11.8 Å². The first-order chi connectivity index (χ1) is 12.1. The molecule has 1 aromatic rings. The number of nitrogens with zero attached hydrogens (tertiary/aromatic N) is 1. The number of benzene rings is 1. The summed E-state index contributed by atoms with van der Waals surface area (Å²) in [5.41, 5.74) is 1.62. The molecule has 0 aromatic heterocycles. The van der Waals surface area contributed by atoms with Crippen molar-refractivity contribution >= 4 is 51.9 Å². The molecule has 0 atom stereocenters. The Hall–Kier alpha value is -1.86. The summed E-state index contributed by atoms with van der Waals surface area (Å²) in [5, 5.41) is 2.60. The molecule has 0 aliphatic carbocycles. The number of unbranched alkanes of at least 4 members (excludes halogenated alkanes) is 2. The van der Waals surface area contributed by atoms with Crippen molar-refractivity contribution in [3.8, 4) is 5.75 Å². The molecule has 0 bridgehead atoms. The van der Waals surface area contributed by atoms with Crippen LogP contribution in [0.5, 0.6) is 5.75 Å². The van der Waals surface area contributed by atoms with Crippen LogP contribution in [0.15, 0.2) is 23.1 Å². The fraction of sp³-hybridized carbons (Fsp3) is 0.389. The van der Waals surface area contributed by atoms with Gasteiger partial charge in [0.15, 0.2) is 0 Å². The first kappa shape index (κ1) is 17.9. The average molecular weight is 377 g/mol. The van der Waals surface area contributed by atoms with E-state index in [1.165, 1.54) is 11.8 Å². The third-order valence-corrected chi connectivity index (χ3v) is 5.24. The third kappa shape index (κ3) is 4.22.